The fraction of sp³-hybridized carbons (Fsp3) is 0.100. The van der Waals surface area contributed by atoms with Gasteiger partial charge in [-0.3, -0.25) is 10.1 Å². The van der Waals surface area contributed by atoms with E-state index in [2.05, 4.69) is 25.4 Å². The van der Waals surface area contributed by atoms with Crippen molar-refractivity contribution in [2.75, 3.05) is 5.32 Å². The highest BCUT2D eigenvalue weighted by molar-refractivity contribution is 7.14. The van der Waals surface area contributed by atoms with Crippen LogP contribution in [0.4, 0.5) is 5.13 Å². The minimum atomic E-state index is -0.338. The standard InChI is InChI=1S/C10H9N5O2S/c1-6(15-17)8-4-18-10(13-8)14-9(16)7-2-11-5-12-3-7/h2-5,17H,1H3,(H,13,14,16). The van der Waals surface area contributed by atoms with E-state index in [1.54, 1.807) is 12.3 Å². The van der Waals surface area contributed by atoms with Gasteiger partial charge in [-0.15, -0.1) is 11.3 Å². The Bertz CT molecular complexity index is 581. The van der Waals surface area contributed by atoms with Crippen LogP contribution in [0.25, 0.3) is 0 Å². The van der Waals surface area contributed by atoms with Crippen molar-refractivity contribution in [3.05, 3.63) is 35.4 Å². The zero-order valence-electron chi connectivity index (χ0n) is 9.36. The maximum Gasteiger partial charge on any atom is 0.260 e. The number of nitrogens with one attached hydrogen (secondary N) is 1. The topological polar surface area (TPSA) is 100 Å². The molecule has 0 aliphatic carbocycles. The third kappa shape index (κ3) is 2.66. The Morgan fingerprint density at radius 3 is 2.83 bits per heavy atom. The van der Waals surface area contributed by atoms with Gasteiger partial charge in [0.05, 0.1) is 5.56 Å². The first-order chi connectivity index (χ1) is 8.70. The molecule has 2 heterocycles. The summed E-state index contributed by atoms with van der Waals surface area (Å²) in [4.78, 5) is 23.4. The van der Waals surface area contributed by atoms with Crippen molar-refractivity contribution in [2.24, 2.45) is 5.16 Å². The van der Waals surface area contributed by atoms with Crippen molar-refractivity contribution < 1.29 is 10.0 Å². The number of hydrogen-bond acceptors (Lipinski definition) is 7. The highest BCUT2D eigenvalue weighted by Gasteiger charge is 2.10. The number of hydrogen-bond donors (Lipinski definition) is 2. The molecule has 0 saturated heterocycles. The molecule has 0 atom stereocenters. The van der Waals surface area contributed by atoms with E-state index >= 15 is 0 Å². The monoisotopic (exact) mass is 263 g/mol. The molecule has 0 aliphatic rings. The van der Waals surface area contributed by atoms with Crippen LogP contribution in [0.2, 0.25) is 0 Å². The van der Waals surface area contributed by atoms with Crippen LogP contribution in [0.1, 0.15) is 23.0 Å². The molecule has 0 fully saturated rings. The second kappa shape index (κ2) is 5.32. The molecular weight excluding hydrogens is 254 g/mol. The second-order valence-electron chi connectivity index (χ2n) is 3.30. The number of oxime groups is 1. The Morgan fingerprint density at radius 2 is 2.17 bits per heavy atom. The molecule has 2 aromatic heterocycles. The number of thiazole rings is 1. The largest absolute Gasteiger partial charge is 0.411 e. The summed E-state index contributed by atoms with van der Waals surface area (Å²) in [6, 6.07) is 0. The first-order valence-corrected chi connectivity index (χ1v) is 5.79. The van der Waals surface area contributed by atoms with Crippen LogP contribution in [-0.4, -0.2) is 31.8 Å². The van der Waals surface area contributed by atoms with Crippen molar-refractivity contribution in [3.8, 4) is 0 Å². The SMILES string of the molecule is CC(=NO)c1csc(NC(=O)c2cncnc2)n1. The fourth-order valence-corrected chi connectivity index (χ4v) is 1.88. The van der Waals surface area contributed by atoms with Crippen molar-refractivity contribution in [2.45, 2.75) is 6.92 Å². The number of amides is 1. The number of aromatic nitrogens is 3. The molecule has 0 aromatic carbocycles. The van der Waals surface area contributed by atoms with Crippen molar-refractivity contribution >= 4 is 28.1 Å². The maximum absolute atomic E-state index is 11.8. The summed E-state index contributed by atoms with van der Waals surface area (Å²) in [5.41, 5.74) is 1.25. The Kier molecular flexibility index (Phi) is 3.58. The Labute approximate surface area is 106 Å². The molecule has 0 unspecified atom stereocenters. The van der Waals surface area contributed by atoms with E-state index in [4.69, 9.17) is 5.21 Å². The van der Waals surface area contributed by atoms with Gasteiger partial charge in [0.1, 0.15) is 17.7 Å². The van der Waals surface area contributed by atoms with Gasteiger partial charge in [-0.1, -0.05) is 5.16 Å². The quantitative estimate of drug-likeness (QED) is 0.495. The van der Waals surface area contributed by atoms with Crippen LogP contribution < -0.4 is 5.32 Å². The molecule has 2 N–H and O–H groups in total. The van der Waals surface area contributed by atoms with E-state index in [1.165, 1.54) is 30.1 Å². The Balaban J connectivity index is 2.11. The minimum absolute atomic E-state index is 0.338. The number of carbonyl (C=O) groups excluding carboxylic acids is 1. The molecule has 2 aromatic rings. The van der Waals surface area contributed by atoms with Crippen LogP contribution in [0.5, 0.6) is 0 Å². The van der Waals surface area contributed by atoms with Crippen LogP contribution in [0.3, 0.4) is 0 Å². The highest BCUT2D eigenvalue weighted by atomic mass is 32.1. The zero-order chi connectivity index (χ0) is 13.0. The lowest BCUT2D eigenvalue weighted by Gasteiger charge is -1.99. The van der Waals surface area contributed by atoms with Crippen LogP contribution in [0.15, 0.2) is 29.3 Å². The summed E-state index contributed by atoms with van der Waals surface area (Å²) in [6.45, 7) is 1.62. The number of nitrogens with zero attached hydrogens (tertiary/aromatic N) is 4. The van der Waals surface area contributed by atoms with Gasteiger partial charge in [0.15, 0.2) is 5.13 Å². The third-order valence-electron chi connectivity index (χ3n) is 2.07. The van der Waals surface area contributed by atoms with E-state index in [1.807, 2.05) is 0 Å². The molecule has 0 bridgehead atoms. The normalized spacial score (nSPS) is 11.3. The van der Waals surface area contributed by atoms with Gasteiger partial charge in [0, 0.05) is 17.8 Å². The van der Waals surface area contributed by atoms with Crippen molar-refractivity contribution in [3.63, 3.8) is 0 Å². The lowest BCUT2D eigenvalue weighted by molar-refractivity contribution is 0.102. The summed E-state index contributed by atoms with van der Waals surface area (Å²) >= 11 is 1.24. The van der Waals surface area contributed by atoms with E-state index in [0.29, 0.717) is 22.1 Å². The molecule has 1 amide bonds. The summed E-state index contributed by atoms with van der Waals surface area (Å²) < 4.78 is 0. The molecule has 8 heteroatoms. The molecular formula is C10H9N5O2S. The molecule has 0 spiro atoms. The Morgan fingerprint density at radius 1 is 1.44 bits per heavy atom. The highest BCUT2D eigenvalue weighted by Crippen LogP contribution is 2.16. The van der Waals surface area contributed by atoms with Gasteiger partial charge in [-0.05, 0) is 6.92 Å². The summed E-state index contributed by atoms with van der Waals surface area (Å²) in [7, 11) is 0. The molecule has 0 saturated carbocycles. The van der Waals surface area contributed by atoms with Crippen molar-refractivity contribution in [1.29, 1.82) is 0 Å². The lowest BCUT2D eigenvalue weighted by atomic mass is 10.3. The average molecular weight is 263 g/mol. The van der Waals surface area contributed by atoms with Gasteiger partial charge in [-0.2, -0.15) is 0 Å². The number of carbonyl (C=O) groups is 1. The molecule has 92 valence electrons. The molecule has 0 radical (unpaired) electrons. The number of anilines is 1. The van der Waals surface area contributed by atoms with Gasteiger partial charge >= 0.3 is 0 Å². The van der Waals surface area contributed by atoms with Gasteiger partial charge in [-0.25, -0.2) is 15.0 Å². The molecule has 7 nitrogen and oxygen atoms in total. The fourth-order valence-electron chi connectivity index (χ4n) is 1.13. The summed E-state index contributed by atoms with van der Waals surface area (Å²) in [5.74, 6) is -0.338. The molecule has 18 heavy (non-hydrogen) atoms. The van der Waals surface area contributed by atoms with E-state index < -0.39 is 0 Å². The first kappa shape index (κ1) is 12.1. The lowest BCUT2D eigenvalue weighted by Crippen LogP contribution is -2.12. The van der Waals surface area contributed by atoms with Crippen LogP contribution >= 0.6 is 11.3 Å². The zero-order valence-corrected chi connectivity index (χ0v) is 10.2. The molecule has 0 aliphatic heterocycles. The smallest absolute Gasteiger partial charge is 0.260 e. The Hall–Kier alpha value is -2.35. The number of rotatable bonds is 3. The van der Waals surface area contributed by atoms with Crippen LogP contribution in [-0.2, 0) is 0 Å². The summed E-state index contributed by atoms with van der Waals surface area (Å²) in [6.07, 6.45) is 4.17. The third-order valence-corrected chi connectivity index (χ3v) is 2.83. The van der Waals surface area contributed by atoms with E-state index in [-0.39, 0.29) is 5.91 Å². The second-order valence-corrected chi connectivity index (χ2v) is 4.16. The maximum atomic E-state index is 11.8. The predicted octanol–water partition coefficient (Wildman–Crippen LogP) is 1.38. The summed E-state index contributed by atoms with van der Waals surface area (Å²) in [5, 5.41) is 16.4. The average Bonchev–Trinajstić information content (AvgIpc) is 2.87. The van der Waals surface area contributed by atoms with Gasteiger partial charge in [0.25, 0.3) is 5.91 Å². The van der Waals surface area contributed by atoms with Gasteiger partial charge in [0.2, 0.25) is 0 Å². The predicted molar refractivity (Wildman–Crippen MR) is 66.1 cm³/mol. The van der Waals surface area contributed by atoms with E-state index in [9.17, 15) is 4.79 Å². The minimum Gasteiger partial charge on any atom is -0.411 e. The van der Waals surface area contributed by atoms with E-state index in [0.717, 1.165) is 0 Å². The van der Waals surface area contributed by atoms with Gasteiger partial charge < -0.3 is 5.21 Å². The first-order valence-electron chi connectivity index (χ1n) is 4.91. The molecule has 2 rings (SSSR count). The van der Waals surface area contributed by atoms with Crippen LogP contribution in [0, 0.1) is 0 Å². The van der Waals surface area contributed by atoms with Crippen molar-refractivity contribution in [1.82, 2.24) is 15.0 Å².